The highest BCUT2D eigenvalue weighted by Gasteiger charge is 2.54. The third-order valence-electron chi connectivity index (χ3n) is 3.29. The minimum atomic E-state index is -2.10. The van der Waals surface area contributed by atoms with E-state index < -0.39 is 34.6 Å². The van der Waals surface area contributed by atoms with Crippen LogP contribution in [0.4, 0.5) is 0 Å². The number of rotatable bonds is 5. The maximum atomic E-state index is 12.0. The highest BCUT2D eigenvalue weighted by Crippen LogP contribution is 2.36. The zero-order chi connectivity index (χ0) is 15.7. The first kappa shape index (κ1) is 16.6. The zero-order valence-corrected chi connectivity index (χ0v) is 12.3. The van der Waals surface area contributed by atoms with Crippen LogP contribution < -0.4 is 0 Å². The van der Waals surface area contributed by atoms with Crippen molar-refractivity contribution in [3.8, 4) is 0 Å². The minimum Gasteiger partial charge on any atom is -0.508 e. The van der Waals surface area contributed by atoms with Crippen LogP contribution in [0.25, 0.3) is 0 Å². The third kappa shape index (κ3) is 2.99. The Hall–Kier alpha value is -1.46. The Morgan fingerprint density at radius 1 is 1.40 bits per heavy atom. The molecule has 0 aliphatic heterocycles. The third-order valence-corrected chi connectivity index (χ3v) is 3.29. The molecule has 0 amide bonds. The van der Waals surface area contributed by atoms with Gasteiger partial charge in [0.15, 0.2) is 17.5 Å². The molecule has 3 N–H and O–H groups in total. The number of carbonyl (C=O) groups is 2. The molecule has 0 aromatic carbocycles. The molecule has 0 saturated heterocycles. The van der Waals surface area contributed by atoms with Crippen LogP contribution in [0.1, 0.15) is 40.5 Å². The van der Waals surface area contributed by atoms with Crippen molar-refractivity contribution in [1.29, 1.82) is 0 Å². The molecule has 1 rings (SSSR count). The molecule has 0 radical (unpaired) electrons. The van der Waals surface area contributed by atoms with Crippen LogP contribution in [0.15, 0.2) is 23.0 Å². The van der Waals surface area contributed by atoms with Crippen molar-refractivity contribution in [2.24, 2.45) is 5.92 Å². The monoisotopic (exact) mass is 282 g/mol. The second-order valence-electron chi connectivity index (χ2n) is 5.92. The Morgan fingerprint density at radius 2 is 1.95 bits per heavy atom. The number of aliphatic hydroxyl groups is 3. The summed E-state index contributed by atoms with van der Waals surface area (Å²) in [6, 6.07) is 0. The van der Waals surface area contributed by atoms with Gasteiger partial charge in [-0.05, 0) is 19.8 Å². The van der Waals surface area contributed by atoms with Crippen LogP contribution in [0.5, 0.6) is 0 Å². The lowest BCUT2D eigenvalue weighted by molar-refractivity contribution is -0.133. The summed E-state index contributed by atoms with van der Waals surface area (Å²) in [5.41, 5.74) is -1.69. The predicted molar refractivity (Wildman–Crippen MR) is 74.1 cm³/mol. The van der Waals surface area contributed by atoms with Crippen LogP contribution in [0, 0.1) is 5.92 Å². The van der Waals surface area contributed by atoms with Crippen molar-refractivity contribution < 1.29 is 24.9 Å². The molecule has 0 bridgehead atoms. The summed E-state index contributed by atoms with van der Waals surface area (Å²) in [7, 11) is 0. The average Bonchev–Trinajstić information content (AvgIpc) is 2.48. The molecule has 0 fully saturated rings. The van der Waals surface area contributed by atoms with E-state index in [-0.39, 0.29) is 18.8 Å². The maximum absolute atomic E-state index is 12.0. The van der Waals surface area contributed by atoms with Crippen molar-refractivity contribution in [3.63, 3.8) is 0 Å². The molecule has 0 aromatic rings. The molecule has 5 nitrogen and oxygen atoms in total. The Kier molecular flexibility index (Phi) is 4.89. The molecule has 20 heavy (non-hydrogen) atoms. The van der Waals surface area contributed by atoms with Gasteiger partial charge in [0.1, 0.15) is 11.3 Å². The quantitative estimate of drug-likeness (QED) is 0.524. The normalized spacial score (nSPS) is 26.4. The number of hydrogen-bond acceptors (Lipinski definition) is 5. The van der Waals surface area contributed by atoms with Crippen LogP contribution in [0.3, 0.4) is 0 Å². The van der Waals surface area contributed by atoms with E-state index in [1.54, 1.807) is 33.8 Å². The Bertz CT molecular complexity index is 482. The van der Waals surface area contributed by atoms with Crippen LogP contribution in [0.2, 0.25) is 0 Å². The predicted octanol–water partition coefficient (Wildman–Crippen LogP) is 1.44. The second kappa shape index (κ2) is 5.89. The van der Waals surface area contributed by atoms with E-state index in [1.165, 1.54) is 0 Å². The van der Waals surface area contributed by atoms with Gasteiger partial charge in [-0.15, -0.1) is 0 Å². The standard InChI is InChI=1S/C15H22O5/c1-8(2)5-6-15(20)13(18)11(12(17)14(15)19)10(16)7-9(3)4/h5,9,14,18-20H,6-7H2,1-4H3/t14-,15+/m1/s1. The number of allylic oxidation sites excluding steroid dienone is 1. The van der Waals surface area contributed by atoms with Gasteiger partial charge in [-0.2, -0.15) is 0 Å². The molecule has 112 valence electrons. The molecule has 0 unspecified atom stereocenters. The smallest absolute Gasteiger partial charge is 0.201 e. The largest absolute Gasteiger partial charge is 0.508 e. The van der Waals surface area contributed by atoms with Gasteiger partial charge in [0.2, 0.25) is 5.78 Å². The molecule has 0 heterocycles. The lowest BCUT2D eigenvalue weighted by Crippen LogP contribution is -2.43. The minimum absolute atomic E-state index is 0.0132. The van der Waals surface area contributed by atoms with Crippen molar-refractivity contribution in [1.82, 2.24) is 0 Å². The van der Waals surface area contributed by atoms with Gasteiger partial charge in [0, 0.05) is 12.8 Å². The highest BCUT2D eigenvalue weighted by atomic mass is 16.4. The SMILES string of the molecule is CC(C)=CC[C@]1(O)C(O)=C(C(=O)CC(C)C)C(=O)[C@H]1O. The van der Waals surface area contributed by atoms with Crippen molar-refractivity contribution >= 4 is 11.6 Å². The fraction of sp³-hybridized carbons (Fsp3) is 0.600. The molecule has 0 saturated carbocycles. The fourth-order valence-electron chi connectivity index (χ4n) is 2.13. The lowest BCUT2D eigenvalue weighted by atomic mass is 9.93. The summed E-state index contributed by atoms with van der Waals surface area (Å²) >= 11 is 0. The van der Waals surface area contributed by atoms with Crippen LogP contribution >= 0.6 is 0 Å². The molecule has 0 spiro atoms. The van der Waals surface area contributed by atoms with E-state index in [9.17, 15) is 24.9 Å². The summed E-state index contributed by atoms with van der Waals surface area (Å²) < 4.78 is 0. The molecular formula is C15H22O5. The summed E-state index contributed by atoms with van der Waals surface area (Å²) in [5, 5.41) is 30.2. The molecule has 1 aliphatic rings. The van der Waals surface area contributed by atoms with E-state index in [1.807, 2.05) is 0 Å². The number of hydrogen-bond donors (Lipinski definition) is 3. The summed E-state index contributed by atoms with van der Waals surface area (Å²) in [6.45, 7) is 7.19. The summed E-state index contributed by atoms with van der Waals surface area (Å²) in [5.74, 6) is -2.15. The van der Waals surface area contributed by atoms with Crippen LogP contribution in [-0.2, 0) is 9.59 Å². The van der Waals surface area contributed by atoms with Crippen molar-refractivity contribution in [2.45, 2.75) is 52.2 Å². The molecule has 5 heteroatoms. The maximum Gasteiger partial charge on any atom is 0.201 e. The van der Waals surface area contributed by atoms with Crippen molar-refractivity contribution in [3.05, 3.63) is 23.0 Å². The average molecular weight is 282 g/mol. The number of ketones is 2. The van der Waals surface area contributed by atoms with Gasteiger partial charge in [-0.3, -0.25) is 9.59 Å². The van der Waals surface area contributed by atoms with Gasteiger partial charge in [0.05, 0.1) is 0 Å². The first-order chi connectivity index (χ1) is 9.11. The molecular weight excluding hydrogens is 260 g/mol. The van der Waals surface area contributed by atoms with Gasteiger partial charge >= 0.3 is 0 Å². The number of aliphatic hydroxyl groups excluding tert-OH is 2. The number of Topliss-reactive ketones (excluding diaryl/α,β-unsaturated/α-hetero) is 2. The molecule has 1 aliphatic carbocycles. The van der Waals surface area contributed by atoms with E-state index in [0.717, 1.165) is 5.57 Å². The second-order valence-corrected chi connectivity index (χ2v) is 5.92. The summed E-state index contributed by atoms with van der Waals surface area (Å²) in [4.78, 5) is 23.9. The Morgan fingerprint density at radius 3 is 2.40 bits per heavy atom. The Labute approximate surface area is 118 Å². The van der Waals surface area contributed by atoms with Gasteiger partial charge in [0.25, 0.3) is 0 Å². The van der Waals surface area contributed by atoms with E-state index >= 15 is 0 Å². The lowest BCUT2D eigenvalue weighted by Gasteiger charge is -2.24. The zero-order valence-electron chi connectivity index (χ0n) is 12.3. The van der Waals surface area contributed by atoms with Gasteiger partial charge in [-0.25, -0.2) is 0 Å². The molecule has 2 atom stereocenters. The van der Waals surface area contributed by atoms with Crippen molar-refractivity contribution in [2.75, 3.05) is 0 Å². The topological polar surface area (TPSA) is 94.8 Å². The van der Waals surface area contributed by atoms with E-state index in [4.69, 9.17) is 0 Å². The molecule has 0 aromatic heterocycles. The summed E-state index contributed by atoms with van der Waals surface area (Å²) in [6.07, 6.45) is -0.240. The number of carbonyl (C=O) groups excluding carboxylic acids is 2. The van der Waals surface area contributed by atoms with Crippen LogP contribution in [-0.4, -0.2) is 38.6 Å². The fourth-order valence-corrected chi connectivity index (χ4v) is 2.13. The highest BCUT2D eigenvalue weighted by molar-refractivity contribution is 6.24. The first-order valence-corrected chi connectivity index (χ1v) is 6.66. The van der Waals surface area contributed by atoms with E-state index in [0.29, 0.717) is 0 Å². The Balaban J connectivity index is 3.17. The van der Waals surface area contributed by atoms with Gasteiger partial charge in [-0.1, -0.05) is 25.5 Å². The van der Waals surface area contributed by atoms with Gasteiger partial charge < -0.3 is 15.3 Å². The first-order valence-electron chi connectivity index (χ1n) is 6.66. The van der Waals surface area contributed by atoms with E-state index in [2.05, 4.69) is 0 Å².